The second-order valence-corrected chi connectivity index (χ2v) is 4.67. The van der Waals surface area contributed by atoms with Gasteiger partial charge in [-0.15, -0.1) is 10.2 Å². The van der Waals surface area contributed by atoms with Gasteiger partial charge in [-0.2, -0.15) is 0 Å². The first-order valence-corrected chi connectivity index (χ1v) is 6.76. The van der Waals surface area contributed by atoms with Crippen molar-refractivity contribution in [1.82, 2.24) is 15.5 Å². The van der Waals surface area contributed by atoms with E-state index in [-0.39, 0.29) is 6.04 Å². The van der Waals surface area contributed by atoms with Gasteiger partial charge in [0.15, 0.2) is 0 Å². The predicted molar refractivity (Wildman–Crippen MR) is 68.8 cm³/mol. The quantitative estimate of drug-likeness (QED) is 0.757. The van der Waals surface area contributed by atoms with Gasteiger partial charge in [0.2, 0.25) is 11.8 Å². The predicted octanol–water partition coefficient (Wildman–Crippen LogP) is 3.11. The molecule has 0 aliphatic heterocycles. The summed E-state index contributed by atoms with van der Waals surface area (Å²) in [5, 5.41) is 11.7. The van der Waals surface area contributed by atoms with Gasteiger partial charge in [-0.05, 0) is 25.3 Å². The number of aromatic nitrogens is 2. The Morgan fingerprint density at radius 3 is 2.53 bits per heavy atom. The van der Waals surface area contributed by atoms with Gasteiger partial charge in [-0.1, -0.05) is 34.1 Å². The van der Waals surface area contributed by atoms with Crippen LogP contribution in [0.4, 0.5) is 0 Å². The van der Waals surface area contributed by atoms with E-state index in [1.807, 2.05) is 0 Å². The zero-order valence-electron chi connectivity index (χ0n) is 11.5. The average molecular weight is 239 g/mol. The Morgan fingerprint density at radius 1 is 1.18 bits per heavy atom. The first-order chi connectivity index (χ1) is 8.21. The minimum absolute atomic E-state index is 0.202. The molecular formula is C13H25N3O. The number of nitrogens with zero attached hydrogens (tertiary/aromatic N) is 2. The molecule has 0 amide bonds. The molecule has 0 saturated carbocycles. The van der Waals surface area contributed by atoms with Crippen LogP contribution < -0.4 is 5.32 Å². The minimum atomic E-state index is 0.202. The van der Waals surface area contributed by atoms with Crippen LogP contribution in [0, 0.1) is 5.92 Å². The third-order valence-corrected chi connectivity index (χ3v) is 3.05. The molecule has 1 aromatic rings. The molecule has 0 radical (unpaired) electrons. The lowest BCUT2D eigenvalue weighted by molar-refractivity contribution is 0.359. The van der Waals surface area contributed by atoms with E-state index in [1.54, 1.807) is 0 Å². The van der Waals surface area contributed by atoms with Gasteiger partial charge in [0.25, 0.3) is 0 Å². The molecule has 0 aliphatic rings. The summed E-state index contributed by atoms with van der Waals surface area (Å²) in [4.78, 5) is 0. The SMILES string of the molecule is CCCNC(CC)c1nnc(CC(C)CC)o1. The molecule has 4 nitrogen and oxygen atoms in total. The Hall–Kier alpha value is -0.900. The van der Waals surface area contributed by atoms with Gasteiger partial charge in [0, 0.05) is 6.42 Å². The first kappa shape index (κ1) is 14.2. The van der Waals surface area contributed by atoms with E-state index in [9.17, 15) is 0 Å². The van der Waals surface area contributed by atoms with Crippen molar-refractivity contribution in [3.63, 3.8) is 0 Å². The molecule has 1 rings (SSSR count). The Bertz CT molecular complexity index is 311. The van der Waals surface area contributed by atoms with Crippen molar-refractivity contribution in [2.75, 3.05) is 6.54 Å². The van der Waals surface area contributed by atoms with Crippen LogP contribution in [0.1, 0.15) is 64.8 Å². The largest absolute Gasteiger partial charge is 0.424 e. The Balaban J connectivity index is 2.58. The van der Waals surface area contributed by atoms with Crippen molar-refractivity contribution < 1.29 is 4.42 Å². The molecule has 4 heteroatoms. The molecule has 1 aromatic heterocycles. The van der Waals surface area contributed by atoms with Gasteiger partial charge in [0.05, 0.1) is 6.04 Å². The molecule has 0 saturated heterocycles. The highest BCUT2D eigenvalue weighted by atomic mass is 16.4. The van der Waals surface area contributed by atoms with E-state index >= 15 is 0 Å². The second-order valence-electron chi connectivity index (χ2n) is 4.67. The number of hydrogen-bond donors (Lipinski definition) is 1. The van der Waals surface area contributed by atoms with Gasteiger partial charge >= 0.3 is 0 Å². The molecule has 0 fully saturated rings. The fourth-order valence-electron chi connectivity index (χ4n) is 1.66. The minimum Gasteiger partial charge on any atom is -0.424 e. The molecule has 0 bridgehead atoms. The third kappa shape index (κ3) is 4.46. The number of nitrogens with one attached hydrogen (secondary N) is 1. The second kappa shape index (κ2) is 7.43. The maximum absolute atomic E-state index is 5.72. The molecule has 2 unspecified atom stereocenters. The van der Waals surface area contributed by atoms with Crippen LogP contribution in [-0.2, 0) is 6.42 Å². The lowest BCUT2D eigenvalue weighted by Crippen LogP contribution is -2.21. The van der Waals surface area contributed by atoms with Crippen LogP contribution in [0.25, 0.3) is 0 Å². The van der Waals surface area contributed by atoms with Crippen molar-refractivity contribution in [2.24, 2.45) is 5.92 Å². The van der Waals surface area contributed by atoms with E-state index in [1.165, 1.54) is 0 Å². The molecule has 0 aromatic carbocycles. The molecule has 0 spiro atoms. The number of rotatable bonds is 8. The Morgan fingerprint density at radius 2 is 1.94 bits per heavy atom. The first-order valence-electron chi connectivity index (χ1n) is 6.76. The molecule has 1 heterocycles. The van der Waals surface area contributed by atoms with E-state index in [2.05, 4.69) is 43.2 Å². The van der Waals surface area contributed by atoms with E-state index in [0.29, 0.717) is 5.92 Å². The van der Waals surface area contributed by atoms with Crippen molar-refractivity contribution >= 4 is 0 Å². The smallest absolute Gasteiger partial charge is 0.233 e. The Kier molecular flexibility index (Phi) is 6.19. The molecule has 1 N–H and O–H groups in total. The molecule has 2 atom stereocenters. The summed E-state index contributed by atoms with van der Waals surface area (Å²) in [7, 11) is 0. The van der Waals surface area contributed by atoms with Gasteiger partial charge < -0.3 is 9.73 Å². The van der Waals surface area contributed by atoms with Crippen molar-refractivity contribution in [3.05, 3.63) is 11.8 Å². The van der Waals surface area contributed by atoms with Gasteiger partial charge in [-0.3, -0.25) is 0 Å². The highest BCUT2D eigenvalue weighted by Gasteiger charge is 2.16. The van der Waals surface area contributed by atoms with Crippen LogP contribution in [0.2, 0.25) is 0 Å². The highest BCUT2D eigenvalue weighted by molar-refractivity contribution is 4.90. The van der Waals surface area contributed by atoms with Crippen LogP contribution >= 0.6 is 0 Å². The normalized spacial score (nSPS) is 14.8. The molecule has 17 heavy (non-hydrogen) atoms. The maximum atomic E-state index is 5.72. The monoisotopic (exact) mass is 239 g/mol. The van der Waals surface area contributed by atoms with Crippen LogP contribution in [-0.4, -0.2) is 16.7 Å². The van der Waals surface area contributed by atoms with Crippen LogP contribution in [0.15, 0.2) is 4.42 Å². The van der Waals surface area contributed by atoms with Crippen LogP contribution in [0.5, 0.6) is 0 Å². The molecule has 98 valence electrons. The average Bonchev–Trinajstić information content (AvgIpc) is 2.78. The summed E-state index contributed by atoms with van der Waals surface area (Å²) < 4.78 is 5.72. The summed E-state index contributed by atoms with van der Waals surface area (Å²) in [6.07, 6.45) is 4.12. The highest BCUT2D eigenvalue weighted by Crippen LogP contribution is 2.17. The standard InChI is InChI=1S/C13H25N3O/c1-5-8-14-11(7-3)13-16-15-12(17-13)9-10(4)6-2/h10-11,14H,5-9H2,1-4H3. The molecule has 0 aliphatic carbocycles. The van der Waals surface area contributed by atoms with E-state index in [4.69, 9.17) is 4.42 Å². The van der Waals surface area contributed by atoms with E-state index in [0.717, 1.165) is 44.0 Å². The number of hydrogen-bond acceptors (Lipinski definition) is 4. The fourth-order valence-corrected chi connectivity index (χ4v) is 1.66. The summed E-state index contributed by atoms with van der Waals surface area (Å²) in [5.74, 6) is 2.11. The maximum Gasteiger partial charge on any atom is 0.233 e. The molecular weight excluding hydrogens is 214 g/mol. The van der Waals surface area contributed by atoms with Crippen molar-refractivity contribution in [1.29, 1.82) is 0 Å². The zero-order valence-corrected chi connectivity index (χ0v) is 11.5. The third-order valence-electron chi connectivity index (χ3n) is 3.05. The Labute approximate surface area is 104 Å². The fraction of sp³-hybridized carbons (Fsp3) is 0.846. The summed E-state index contributed by atoms with van der Waals surface area (Å²) in [5.41, 5.74) is 0. The lowest BCUT2D eigenvalue weighted by Gasteiger charge is -2.11. The van der Waals surface area contributed by atoms with Gasteiger partial charge in [0.1, 0.15) is 0 Å². The van der Waals surface area contributed by atoms with E-state index < -0.39 is 0 Å². The van der Waals surface area contributed by atoms with Crippen LogP contribution in [0.3, 0.4) is 0 Å². The lowest BCUT2D eigenvalue weighted by atomic mass is 10.1. The summed E-state index contributed by atoms with van der Waals surface area (Å²) >= 11 is 0. The summed E-state index contributed by atoms with van der Waals surface area (Å²) in [6.45, 7) is 9.66. The zero-order chi connectivity index (χ0) is 12.7. The van der Waals surface area contributed by atoms with Gasteiger partial charge in [-0.25, -0.2) is 0 Å². The van der Waals surface area contributed by atoms with Crippen molar-refractivity contribution in [3.8, 4) is 0 Å². The topological polar surface area (TPSA) is 51.0 Å². The van der Waals surface area contributed by atoms with Crippen molar-refractivity contribution in [2.45, 2.75) is 59.4 Å². The summed E-state index contributed by atoms with van der Waals surface area (Å²) in [6, 6.07) is 0.202.